The maximum atomic E-state index is 14.8. The molecule has 0 saturated carbocycles. The van der Waals surface area contributed by atoms with Gasteiger partial charge in [-0.25, -0.2) is 0 Å². The molecule has 3 heterocycles. The van der Waals surface area contributed by atoms with Crippen molar-refractivity contribution in [2.45, 2.75) is 17.5 Å². The summed E-state index contributed by atoms with van der Waals surface area (Å²) in [4.78, 5) is 45.8. The molecule has 202 valence electrons. The first kappa shape index (κ1) is 26.4. The van der Waals surface area contributed by atoms with Crippen molar-refractivity contribution in [3.05, 3.63) is 133 Å². The fourth-order valence-electron chi connectivity index (χ4n) is 6.73. The van der Waals surface area contributed by atoms with Gasteiger partial charge in [0.05, 0.1) is 12.0 Å². The molecule has 0 bridgehead atoms. The van der Waals surface area contributed by atoms with Crippen molar-refractivity contribution in [2.75, 3.05) is 10.2 Å². The number of hydrogen-bond acceptors (Lipinski definition) is 4. The Morgan fingerprint density at radius 1 is 0.829 bits per heavy atom. The molecule has 4 aromatic carbocycles. The van der Waals surface area contributed by atoms with Gasteiger partial charge in [0.25, 0.3) is 0 Å². The fourth-order valence-corrected chi connectivity index (χ4v) is 7.44. The Kier molecular flexibility index (Phi) is 6.30. The third-order valence-corrected chi connectivity index (χ3v) is 9.68. The van der Waals surface area contributed by atoms with Gasteiger partial charge < -0.3 is 10.2 Å². The van der Waals surface area contributed by atoms with E-state index in [1.807, 2.05) is 77.7 Å². The molecule has 0 radical (unpaired) electrons. The first-order chi connectivity index (χ1) is 19.8. The second-order valence-electron chi connectivity index (χ2n) is 10.5. The largest absolute Gasteiger partial charge is 0.352 e. The Morgan fingerprint density at radius 3 is 2.15 bits per heavy atom. The van der Waals surface area contributed by atoms with Crippen molar-refractivity contribution >= 4 is 78.4 Å². The topological polar surface area (TPSA) is 66.5 Å². The maximum Gasteiger partial charge on any atom is 0.238 e. The molecule has 1 spiro atoms. The molecule has 0 aliphatic carbocycles. The van der Waals surface area contributed by atoms with Crippen molar-refractivity contribution in [1.82, 2.24) is 0 Å². The minimum Gasteiger partial charge on any atom is -0.352 e. The van der Waals surface area contributed by atoms with Crippen LogP contribution in [0.3, 0.4) is 0 Å². The van der Waals surface area contributed by atoms with Gasteiger partial charge in [-0.05, 0) is 59.7 Å². The average Bonchev–Trinajstić information content (AvgIpc) is 3.44. The van der Waals surface area contributed by atoms with Gasteiger partial charge in [0.2, 0.25) is 5.91 Å². The van der Waals surface area contributed by atoms with Gasteiger partial charge in [-0.3, -0.25) is 14.4 Å². The van der Waals surface area contributed by atoms with Crippen LogP contribution in [0.5, 0.6) is 0 Å². The number of para-hydroxylation sites is 1. The van der Waals surface area contributed by atoms with E-state index < -0.39 is 23.4 Å². The van der Waals surface area contributed by atoms with Crippen LogP contribution in [0.15, 0.2) is 106 Å². The third-order valence-electron chi connectivity index (χ3n) is 8.39. The number of nitrogens with one attached hydrogen (secondary N) is 1. The summed E-state index contributed by atoms with van der Waals surface area (Å²) in [6.45, 7) is 0. The number of benzene rings is 4. The van der Waals surface area contributed by atoms with Crippen molar-refractivity contribution in [3.8, 4) is 0 Å². The lowest BCUT2D eigenvalue weighted by Crippen LogP contribution is -2.55. The summed E-state index contributed by atoms with van der Waals surface area (Å²) in [6, 6.07) is 25.5. The molecule has 4 atom stereocenters. The van der Waals surface area contributed by atoms with Crippen LogP contribution in [0.25, 0.3) is 6.08 Å². The Balaban J connectivity index is 1.54. The van der Waals surface area contributed by atoms with E-state index in [-0.39, 0.29) is 17.5 Å². The molecule has 0 aromatic heterocycles. The number of rotatable bonds is 4. The Bertz CT molecular complexity index is 1790. The first-order valence-corrected chi connectivity index (χ1v) is 15.0. The minimum absolute atomic E-state index is 0.201. The van der Waals surface area contributed by atoms with Crippen molar-refractivity contribution in [3.63, 3.8) is 0 Å². The third kappa shape index (κ3) is 3.90. The number of carbonyl (C=O) groups excluding carboxylic acids is 3. The summed E-state index contributed by atoms with van der Waals surface area (Å²) < 4.78 is 1.67. The average molecular weight is 689 g/mol. The lowest BCUT2D eigenvalue weighted by molar-refractivity contribution is -0.121. The van der Waals surface area contributed by atoms with Gasteiger partial charge in [0.1, 0.15) is 11.5 Å². The SMILES string of the molecule is O=C(c1ccc(Br)cc1)C1C2C=Cc3cc(Cl)ccc3N2C(C(=O)c2ccc(Br)cc2)C12C(=O)Nc1ccccc12. The molecule has 41 heavy (non-hydrogen) atoms. The van der Waals surface area contributed by atoms with E-state index in [4.69, 9.17) is 11.6 Å². The zero-order valence-corrected chi connectivity index (χ0v) is 25.3. The fraction of sp³-hybridized carbons (Fsp3) is 0.121. The highest BCUT2D eigenvalue weighted by Gasteiger charge is 2.70. The highest BCUT2D eigenvalue weighted by molar-refractivity contribution is 9.10. The predicted molar refractivity (Wildman–Crippen MR) is 168 cm³/mol. The quantitative estimate of drug-likeness (QED) is 0.223. The highest BCUT2D eigenvalue weighted by atomic mass is 79.9. The van der Waals surface area contributed by atoms with Gasteiger partial charge in [-0.2, -0.15) is 0 Å². The number of halogens is 3. The molecule has 4 unspecified atom stereocenters. The smallest absolute Gasteiger partial charge is 0.238 e. The van der Waals surface area contributed by atoms with Crippen molar-refractivity contribution < 1.29 is 14.4 Å². The van der Waals surface area contributed by atoms with E-state index in [9.17, 15) is 14.4 Å². The van der Waals surface area contributed by atoms with Crippen LogP contribution in [0.1, 0.15) is 31.8 Å². The molecule has 3 aliphatic rings. The lowest BCUT2D eigenvalue weighted by Gasteiger charge is -2.37. The second-order valence-corrected chi connectivity index (χ2v) is 12.7. The van der Waals surface area contributed by atoms with Gasteiger partial charge >= 0.3 is 0 Å². The van der Waals surface area contributed by atoms with Gasteiger partial charge in [0.15, 0.2) is 11.6 Å². The van der Waals surface area contributed by atoms with Gasteiger partial charge in [0, 0.05) is 36.5 Å². The Morgan fingerprint density at radius 2 is 1.46 bits per heavy atom. The summed E-state index contributed by atoms with van der Waals surface area (Å²) in [6.07, 6.45) is 3.87. The summed E-state index contributed by atoms with van der Waals surface area (Å²) in [5.74, 6) is -1.69. The van der Waals surface area contributed by atoms with Gasteiger partial charge in [-0.15, -0.1) is 0 Å². The second kappa shape index (κ2) is 9.79. The van der Waals surface area contributed by atoms with E-state index in [1.165, 1.54) is 0 Å². The minimum atomic E-state index is -1.50. The van der Waals surface area contributed by atoms with Crippen LogP contribution in [0.2, 0.25) is 5.02 Å². The molecule has 8 heteroatoms. The predicted octanol–water partition coefficient (Wildman–Crippen LogP) is 7.72. The van der Waals surface area contributed by atoms with Crippen LogP contribution in [0.4, 0.5) is 11.4 Å². The molecular weight excluding hydrogens is 668 g/mol. The maximum absolute atomic E-state index is 14.8. The van der Waals surface area contributed by atoms with Crippen LogP contribution < -0.4 is 10.2 Å². The number of hydrogen-bond donors (Lipinski definition) is 1. The van der Waals surface area contributed by atoms with E-state index in [1.54, 1.807) is 30.3 Å². The summed E-state index contributed by atoms with van der Waals surface area (Å²) in [5, 5.41) is 3.59. The molecule has 7 rings (SSSR count). The monoisotopic (exact) mass is 686 g/mol. The first-order valence-electron chi connectivity index (χ1n) is 13.1. The highest BCUT2D eigenvalue weighted by Crippen LogP contribution is 2.58. The van der Waals surface area contributed by atoms with Crippen molar-refractivity contribution in [2.24, 2.45) is 5.92 Å². The molecule has 5 nitrogen and oxygen atoms in total. The molecule has 1 fully saturated rings. The number of fused-ring (bicyclic) bond motifs is 5. The number of anilines is 2. The number of carbonyl (C=O) groups is 3. The van der Waals surface area contributed by atoms with Gasteiger partial charge in [-0.1, -0.05) is 98.1 Å². The van der Waals surface area contributed by atoms with E-state index >= 15 is 0 Å². The molecule has 3 aliphatic heterocycles. The van der Waals surface area contributed by atoms with Crippen LogP contribution >= 0.6 is 43.5 Å². The number of Topliss-reactive ketones (excluding diaryl/α,β-unsaturated/α-hetero) is 2. The normalized spacial score (nSPS) is 23.6. The molecule has 1 saturated heterocycles. The number of amides is 1. The number of nitrogens with zero attached hydrogens (tertiary/aromatic N) is 1. The van der Waals surface area contributed by atoms with E-state index in [0.717, 1.165) is 20.2 Å². The van der Waals surface area contributed by atoms with Crippen LogP contribution in [-0.4, -0.2) is 29.6 Å². The summed E-state index contributed by atoms with van der Waals surface area (Å²) in [7, 11) is 0. The zero-order chi connectivity index (χ0) is 28.5. The molecule has 1 amide bonds. The lowest BCUT2D eigenvalue weighted by atomic mass is 9.63. The zero-order valence-electron chi connectivity index (χ0n) is 21.4. The summed E-state index contributed by atoms with van der Waals surface area (Å²) >= 11 is 13.3. The molecule has 4 aromatic rings. The van der Waals surface area contributed by atoms with Crippen LogP contribution in [0, 0.1) is 5.92 Å². The van der Waals surface area contributed by atoms with E-state index in [0.29, 0.717) is 27.4 Å². The van der Waals surface area contributed by atoms with Crippen molar-refractivity contribution in [1.29, 1.82) is 0 Å². The molecule has 1 N–H and O–H groups in total. The van der Waals surface area contributed by atoms with Crippen LogP contribution in [-0.2, 0) is 10.2 Å². The number of ketones is 2. The standard InChI is InChI=1S/C33H21Br2ClN2O3/c34-21-10-5-18(6-11-21)29(39)28-27-15-9-20-17-23(36)14-16-26(20)38(27)31(30(40)19-7-12-22(35)13-8-19)33(28)24-3-1-2-4-25(24)37-32(33)41/h1-17,27-28,31H,(H,37,41). The van der Waals surface area contributed by atoms with E-state index in [2.05, 4.69) is 37.2 Å². The Hall–Kier alpha value is -3.52. The summed E-state index contributed by atoms with van der Waals surface area (Å²) in [5.41, 5.74) is 2.26. The molecular formula is C33H21Br2ClN2O3. The Labute approximate surface area is 258 Å².